The monoisotopic (exact) mass is 239 g/mol. The van der Waals surface area contributed by atoms with Gasteiger partial charge >= 0.3 is 0 Å². The number of rotatable bonds is 9. The number of nitrogens with zero attached hydrogens (tertiary/aromatic N) is 1. The molecule has 1 aliphatic heterocycles. The molecule has 1 aliphatic carbocycles. The largest absolute Gasteiger partial charge is 0.317 e. The first-order chi connectivity index (χ1) is 8.38. The average molecular weight is 239 g/mol. The average Bonchev–Trinajstić information content (AvgIpc) is 3.04. The van der Waals surface area contributed by atoms with Gasteiger partial charge in [-0.2, -0.15) is 0 Å². The second-order valence-corrected chi connectivity index (χ2v) is 5.72. The van der Waals surface area contributed by atoms with Crippen molar-refractivity contribution in [3.63, 3.8) is 0 Å². The zero-order chi connectivity index (χ0) is 11.9. The quantitative estimate of drug-likeness (QED) is 0.596. The molecule has 100 valence electrons. The van der Waals surface area contributed by atoms with Gasteiger partial charge in [0.15, 0.2) is 0 Å². The predicted octanol–water partition coefficient (Wildman–Crippen LogP) is 1.45. The van der Waals surface area contributed by atoms with Crippen LogP contribution in [0.5, 0.6) is 0 Å². The van der Waals surface area contributed by atoms with Crippen LogP contribution < -0.4 is 10.6 Å². The summed E-state index contributed by atoms with van der Waals surface area (Å²) in [6, 6.07) is 0.867. The molecule has 2 aliphatic rings. The van der Waals surface area contributed by atoms with Crippen molar-refractivity contribution < 1.29 is 0 Å². The number of hydrogen-bond acceptors (Lipinski definition) is 3. The molecule has 2 N–H and O–H groups in total. The van der Waals surface area contributed by atoms with Crippen LogP contribution in [0.1, 0.15) is 39.0 Å². The first-order valence-electron chi connectivity index (χ1n) is 7.55. The van der Waals surface area contributed by atoms with E-state index in [4.69, 9.17) is 0 Å². The van der Waals surface area contributed by atoms with Crippen LogP contribution in [0.3, 0.4) is 0 Å². The normalized spacial score (nSPS) is 25.6. The maximum atomic E-state index is 3.60. The highest BCUT2D eigenvalue weighted by Gasteiger charge is 2.23. The Bertz CT molecular complexity index is 204. The first kappa shape index (κ1) is 13.3. The van der Waals surface area contributed by atoms with Gasteiger partial charge in [0.1, 0.15) is 0 Å². The number of hydrogen-bond donors (Lipinski definition) is 2. The molecule has 3 heteroatoms. The van der Waals surface area contributed by atoms with Gasteiger partial charge in [-0.3, -0.25) is 0 Å². The fourth-order valence-corrected chi connectivity index (χ4v) is 2.67. The maximum Gasteiger partial charge on any atom is 0.0107 e. The van der Waals surface area contributed by atoms with E-state index >= 15 is 0 Å². The van der Waals surface area contributed by atoms with E-state index < -0.39 is 0 Å². The van der Waals surface area contributed by atoms with Crippen molar-refractivity contribution in [2.24, 2.45) is 5.92 Å². The lowest BCUT2D eigenvalue weighted by Crippen LogP contribution is -2.31. The third kappa shape index (κ3) is 5.36. The van der Waals surface area contributed by atoms with Crippen molar-refractivity contribution in [1.29, 1.82) is 0 Å². The summed E-state index contributed by atoms with van der Waals surface area (Å²) in [5.74, 6) is 0.945. The maximum absolute atomic E-state index is 3.60. The molecule has 1 unspecified atom stereocenters. The summed E-state index contributed by atoms with van der Waals surface area (Å²) in [5.41, 5.74) is 0. The lowest BCUT2D eigenvalue weighted by molar-refractivity contribution is 0.317. The zero-order valence-corrected chi connectivity index (χ0v) is 11.4. The summed E-state index contributed by atoms with van der Waals surface area (Å²) in [6.07, 6.45) is 6.85. The van der Waals surface area contributed by atoms with E-state index in [-0.39, 0.29) is 0 Å². The standard InChI is InChI=1S/C14H29N3/c1-2-7-15-8-5-13-6-10-17(12-13)11-9-16-14-3-4-14/h13-16H,2-12H2,1H3. The van der Waals surface area contributed by atoms with Crippen LogP contribution in [0.4, 0.5) is 0 Å². The molecule has 0 bridgehead atoms. The summed E-state index contributed by atoms with van der Waals surface area (Å²) in [5, 5.41) is 7.12. The summed E-state index contributed by atoms with van der Waals surface area (Å²) in [7, 11) is 0. The van der Waals surface area contributed by atoms with Crippen molar-refractivity contribution in [2.75, 3.05) is 39.3 Å². The van der Waals surface area contributed by atoms with Crippen molar-refractivity contribution in [2.45, 2.75) is 45.1 Å². The second kappa shape index (κ2) is 7.34. The van der Waals surface area contributed by atoms with E-state index in [1.165, 1.54) is 71.4 Å². The number of likely N-dealkylation sites (tertiary alicyclic amines) is 1. The van der Waals surface area contributed by atoms with E-state index in [0.29, 0.717) is 0 Å². The Balaban J connectivity index is 1.46. The van der Waals surface area contributed by atoms with Crippen LogP contribution >= 0.6 is 0 Å². The van der Waals surface area contributed by atoms with Gasteiger partial charge in [-0.1, -0.05) is 6.92 Å². The SMILES string of the molecule is CCCNCCC1CCN(CCNC2CC2)C1. The van der Waals surface area contributed by atoms with Gasteiger partial charge in [-0.05, 0) is 57.7 Å². The van der Waals surface area contributed by atoms with Gasteiger partial charge in [0.05, 0.1) is 0 Å². The molecule has 1 saturated heterocycles. The van der Waals surface area contributed by atoms with Crippen molar-refractivity contribution in [3.8, 4) is 0 Å². The highest BCUT2D eigenvalue weighted by Crippen LogP contribution is 2.20. The molecule has 0 radical (unpaired) electrons. The van der Waals surface area contributed by atoms with E-state index in [0.717, 1.165) is 12.0 Å². The molecule has 0 aromatic carbocycles. The fraction of sp³-hybridized carbons (Fsp3) is 1.00. The van der Waals surface area contributed by atoms with Crippen LogP contribution in [0.15, 0.2) is 0 Å². The van der Waals surface area contributed by atoms with Gasteiger partial charge < -0.3 is 15.5 Å². The van der Waals surface area contributed by atoms with E-state index in [1.807, 2.05) is 0 Å². The smallest absolute Gasteiger partial charge is 0.0107 e. The summed E-state index contributed by atoms with van der Waals surface area (Å²) in [6.45, 7) is 9.75. The van der Waals surface area contributed by atoms with Crippen molar-refractivity contribution in [3.05, 3.63) is 0 Å². The molecule has 1 saturated carbocycles. The van der Waals surface area contributed by atoms with Crippen LogP contribution in [0.2, 0.25) is 0 Å². The molecule has 0 aromatic rings. The van der Waals surface area contributed by atoms with Gasteiger partial charge in [0, 0.05) is 25.7 Å². The van der Waals surface area contributed by atoms with Gasteiger partial charge in [0.2, 0.25) is 0 Å². The van der Waals surface area contributed by atoms with Crippen molar-refractivity contribution >= 4 is 0 Å². The van der Waals surface area contributed by atoms with Crippen molar-refractivity contribution in [1.82, 2.24) is 15.5 Å². The summed E-state index contributed by atoms with van der Waals surface area (Å²) < 4.78 is 0. The van der Waals surface area contributed by atoms with Gasteiger partial charge in [0.25, 0.3) is 0 Å². The fourth-order valence-electron chi connectivity index (χ4n) is 2.67. The third-order valence-corrected chi connectivity index (χ3v) is 3.96. The molecule has 0 amide bonds. The minimum atomic E-state index is 0.867. The molecule has 1 atom stereocenters. The van der Waals surface area contributed by atoms with Crippen LogP contribution in [0, 0.1) is 5.92 Å². The van der Waals surface area contributed by atoms with Gasteiger partial charge in [-0.15, -0.1) is 0 Å². The molecule has 3 nitrogen and oxygen atoms in total. The van der Waals surface area contributed by atoms with E-state index in [9.17, 15) is 0 Å². The first-order valence-corrected chi connectivity index (χ1v) is 7.55. The molecule has 17 heavy (non-hydrogen) atoms. The molecule has 2 rings (SSSR count). The predicted molar refractivity (Wildman–Crippen MR) is 73.3 cm³/mol. The van der Waals surface area contributed by atoms with Crippen LogP contribution in [-0.4, -0.2) is 50.2 Å². The number of nitrogens with one attached hydrogen (secondary N) is 2. The Hall–Kier alpha value is -0.120. The Kier molecular flexibility index (Phi) is 5.75. The molecule has 0 spiro atoms. The highest BCUT2D eigenvalue weighted by molar-refractivity contribution is 4.82. The third-order valence-electron chi connectivity index (χ3n) is 3.96. The second-order valence-electron chi connectivity index (χ2n) is 5.72. The van der Waals surface area contributed by atoms with E-state index in [2.05, 4.69) is 22.5 Å². The summed E-state index contributed by atoms with van der Waals surface area (Å²) >= 11 is 0. The summed E-state index contributed by atoms with van der Waals surface area (Å²) in [4.78, 5) is 2.64. The topological polar surface area (TPSA) is 27.3 Å². The Morgan fingerprint density at radius 3 is 2.76 bits per heavy atom. The Morgan fingerprint density at radius 2 is 2.00 bits per heavy atom. The molecule has 1 heterocycles. The molecular formula is C14H29N3. The Labute approximate surface area is 106 Å². The highest BCUT2D eigenvalue weighted by atomic mass is 15.2. The zero-order valence-electron chi connectivity index (χ0n) is 11.4. The van der Waals surface area contributed by atoms with Gasteiger partial charge in [-0.25, -0.2) is 0 Å². The van der Waals surface area contributed by atoms with Crippen LogP contribution in [-0.2, 0) is 0 Å². The van der Waals surface area contributed by atoms with Crippen LogP contribution in [0.25, 0.3) is 0 Å². The molecule has 0 aromatic heterocycles. The molecular weight excluding hydrogens is 210 g/mol. The lowest BCUT2D eigenvalue weighted by atomic mass is 10.1. The lowest BCUT2D eigenvalue weighted by Gasteiger charge is -2.16. The Morgan fingerprint density at radius 1 is 1.12 bits per heavy atom. The minimum absolute atomic E-state index is 0.867. The van der Waals surface area contributed by atoms with E-state index in [1.54, 1.807) is 0 Å². The minimum Gasteiger partial charge on any atom is -0.317 e. The molecule has 2 fully saturated rings.